The van der Waals surface area contributed by atoms with Gasteiger partial charge in [0.05, 0.1) is 30.1 Å². The number of aliphatic hydroxyl groups is 1. The lowest BCUT2D eigenvalue weighted by Gasteiger charge is -2.17. The number of ether oxygens (including phenoxy) is 1. The van der Waals surface area contributed by atoms with Crippen molar-refractivity contribution < 1.29 is 9.84 Å². The van der Waals surface area contributed by atoms with Gasteiger partial charge in [0.15, 0.2) is 5.96 Å². The Morgan fingerprint density at radius 1 is 1.12 bits per heavy atom. The Morgan fingerprint density at radius 2 is 1.91 bits per heavy atom. The summed E-state index contributed by atoms with van der Waals surface area (Å²) in [6.45, 7) is 9.49. The molecule has 0 saturated heterocycles. The van der Waals surface area contributed by atoms with E-state index in [4.69, 9.17) is 9.73 Å². The third-order valence-corrected chi connectivity index (χ3v) is 4.79. The Hall–Kier alpha value is -2.59. The number of para-hydroxylation sites is 1. The molecule has 0 spiro atoms. The van der Waals surface area contributed by atoms with Crippen molar-refractivity contribution in [3.05, 3.63) is 77.6 Å². The largest absolute Gasteiger partial charge is 0.491 e. The SMILES string of the molecule is CCNC(=NCc1ccccc1-n1ccc(C)n1)NCC(O)c1cccc(OC(C)C)c1.I. The van der Waals surface area contributed by atoms with Crippen LogP contribution in [0.4, 0.5) is 0 Å². The molecule has 33 heavy (non-hydrogen) atoms. The van der Waals surface area contributed by atoms with Gasteiger partial charge in [-0.05, 0) is 63.1 Å². The lowest BCUT2D eigenvalue weighted by molar-refractivity contribution is 0.179. The molecule has 8 heteroatoms. The van der Waals surface area contributed by atoms with Crippen molar-refractivity contribution in [2.75, 3.05) is 13.1 Å². The minimum Gasteiger partial charge on any atom is -0.491 e. The van der Waals surface area contributed by atoms with E-state index in [0.717, 1.165) is 34.8 Å². The van der Waals surface area contributed by atoms with Gasteiger partial charge in [-0.15, -0.1) is 24.0 Å². The Morgan fingerprint density at radius 3 is 2.61 bits per heavy atom. The van der Waals surface area contributed by atoms with Gasteiger partial charge in [-0.2, -0.15) is 5.10 Å². The monoisotopic (exact) mass is 563 g/mol. The zero-order valence-corrected chi connectivity index (χ0v) is 22.0. The fraction of sp³-hybridized carbons (Fsp3) is 0.360. The van der Waals surface area contributed by atoms with E-state index in [1.165, 1.54) is 0 Å². The summed E-state index contributed by atoms with van der Waals surface area (Å²) < 4.78 is 7.60. The van der Waals surface area contributed by atoms with Gasteiger partial charge in [-0.1, -0.05) is 30.3 Å². The van der Waals surface area contributed by atoms with Crippen LogP contribution in [-0.2, 0) is 6.54 Å². The molecule has 0 aliphatic carbocycles. The van der Waals surface area contributed by atoms with E-state index in [9.17, 15) is 5.11 Å². The first-order valence-corrected chi connectivity index (χ1v) is 11.0. The van der Waals surface area contributed by atoms with E-state index in [2.05, 4.69) is 21.8 Å². The highest BCUT2D eigenvalue weighted by molar-refractivity contribution is 14.0. The number of guanidine groups is 1. The number of hydrogen-bond acceptors (Lipinski definition) is 4. The lowest BCUT2D eigenvalue weighted by atomic mass is 10.1. The molecule has 0 aliphatic rings. The Labute approximate surface area is 213 Å². The fourth-order valence-electron chi connectivity index (χ4n) is 3.30. The molecule has 0 aliphatic heterocycles. The Kier molecular flexibility index (Phi) is 10.7. The predicted octanol–water partition coefficient (Wildman–Crippen LogP) is 4.37. The number of halogens is 1. The summed E-state index contributed by atoms with van der Waals surface area (Å²) in [6, 6.07) is 17.6. The fourth-order valence-corrected chi connectivity index (χ4v) is 3.30. The van der Waals surface area contributed by atoms with E-state index < -0.39 is 6.10 Å². The minimum absolute atomic E-state index is 0. The lowest BCUT2D eigenvalue weighted by Crippen LogP contribution is -2.39. The predicted molar refractivity (Wildman–Crippen MR) is 144 cm³/mol. The van der Waals surface area contributed by atoms with Crippen LogP contribution < -0.4 is 15.4 Å². The van der Waals surface area contributed by atoms with E-state index in [0.29, 0.717) is 19.0 Å². The van der Waals surface area contributed by atoms with Crippen LogP contribution in [0.25, 0.3) is 5.69 Å². The highest BCUT2D eigenvalue weighted by Crippen LogP contribution is 2.20. The van der Waals surface area contributed by atoms with Crippen LogP contribution in [0.15, 0.2) is 65.8 Å². The number of aliphatic hydroxyl groups excluding tert-OH is 1. The number of hydrogen-bond donors (Lipinski definition) is 3. The van der Waals surface area contributed by atoms with Gasteiger partial charge in [0.2, 0.25) is 0 Å². The second-order valence-electron chi connectivity index (χ2n) is 7.86. The highest BCUT2D eigenvalue weighted by atomic mass is 127. The molecule has 0 amide bonds. The average Bonchev–Trinajstić information content (AvgIpc) is 3.21. The van der Waals surface area contributed by atoms with Crippen LogP contribution in [0.1, 0.15) is 43.7 Å². The smallest absolute Gasteiger partial charge is 0.191 e. The van der Waals surface area contributed by atoms with Crippen LogP contribution in [-0.4, -0.2) is 40.0 Å². The van der Waals surface area contributed by atoms with Gasteiger partial charge in [0.1, 0.15) is 5.75 Å². The number of aliphatic imine (C=N–C) groups is 1. The number of nitrogens with zero attached hydrogens (tertiary/aromatic N) is 3. The maximum Gasteiger partial charge on any atom is 0.191 e. The molecule has 3 N–H and O–H groups in total. The van der Waals surface area contributed by atoms with Gasteiger partial charge >= 0.3 is 0 Å². The normalized spacial score (nSPS) is 12.2. The van der Waals surface area contributed by atoms with Crippen LogP contribution in [0, 0.1) is 6.92 Å². The maximum absolute atomic E-state index is 10.7. The minimum atomic E-state index is -0.686. The summed E-state index contributed by atoms with van der Waals surface area (Å²) in [5.41, 5.74) is 3.83. The third-order valence-electron chi connectivity index (χ3n) is 4.79. The number of rotatable bonds is 9. The molecule has 7 nitrogen and oxygen atoms in total. The Balaban J connectivity index is 0.00000385. The molecule has 178 valence electrons. The van der Waals surface area contributed by atoms with E-state index in [1.54, 1.807) is 0 Å². The van der Waals surface area contributed by atoms with Crippen LogP contribution in [0.2, 0.25) is 0 Å². The third kappa shape index (κ3) is 8.04. The van der Waals surface area contributed by atoms with Crippen molar-refractivity contribution in [2.24, 2.45) is 4.99 Å². The molecule has 2 aromatic carbocycles. The summed E-state index contributed by atoms with van der Waals surface area (Å²) in [6.07, 6.45) is 1.35. The molecule has 3 aromatic rings. The van der Waals surface area contributed by atoms with Crippen molar-refractivity contribution in [3.63, 3.8) is 0 Å². The molecule has 0 radical (unpaired) electrons. The summed E-state index contributed by atoms with van der Waals surface area (Å²) in [7, 11) is 0. The molecule has 1 atom stereocenters. The zero-order chi connectivity index (χ0) is 22.9. The molecule has 1 heterocycles. The van der Waals surface area contributed by atoms with Crippen LogP contribution in [0.3, 0.4) is 0 Å². The van der Waals surface area contributed by atoms with Crippen molar-refractivity contribution in [1.82, 2.24) is 20.4 Å². The van der Waals surface area contributed by atoms with Gasteiger partial charge in [0, 0.05) is 19.3 Å². The van der Waals surface area contributed by atoms with E-state index >= 15 is 0 Å². The summed E-state index contributed by atoms with van der Waals surface area (Å²) >= 11 is 0. The molecule has 3 rings (SSSR count). The molecule has 0 saturated carbocycles. The topological polar surface area (TPSA) is 83.7 Å². The molecular weight excluding hydrogens is 529 g/mol. The first-order chi connectivity index (χ1) is 15.5. The van der Waals surface area contributed by atoms with E-state index in [-0.39, 0.29) is 30.1 Å². The van der Waals surface area contributed by atoms with Gasteiger partial charge in [0.25, 0.3) is 0 Å². The summed E-state index contributed by atoms with van der Waals surface area (Å²) in [4.78, 5) is 4.72. The maximum atomic E-state index is 10.7. The number of nitrogens with one attached hydrogen (secondary N) is 2. The van der Waals surface area contributed by atoms with Crippen molar-refractivity contribution in [1.29, 1.82) is 0 Å². The summed E-state index contributed by atoms with van der Waals surface area (Å²) in [5.74, 6) is 1.40. The molecule has 0 bridgehead atoms. The standard InChI is InChI=1S/C25H33N5O2.HI/c1-5-26-25(28-17-24(31)20-10-8-11-22(15-20)32-18(2)3)27-16-21-9-6-7-12-23(21)30-14-13-19(4)29-30;/h6-15,18,24,31H,5,16-17H2,1-4H3,(H2,26,27,28);1H. The van der Waals surface area contributed by atoms with Gasteiger partial charge in [-0.25, -0.2) is 9.67 Å². The molecule has 0 fully saturated rings. The first kappa shape index (κ1) is 26.7. The second kappa shape index (κ2) is 13.2. The Bertz CT molecular complexity index is 1030. The molecule has 1 unspecified atom stereocenters. The molecular formula is C25H34IN5O2. The zero-order valence-electron chi connectivity index (χ0n) is 19.7. The average molecular weight is 563 g/mol. The molecule has 1 aromatic heterocycles. The van der Waals surface area contributed by atoms with Crippen LogP contribution in [0.5, 0.6) is 5.75 Å². The van der Waals surface area contributed by atoms with Crippen molar-refractivity contribution in [2.45, 2.75) is 46.4 Å². The second-order valence-corrected chi connectivity index (χ2v) is 7.86. The van der Waals surface area contributed by atoms with Crippen LogP contribution >= 0.6 is 24.0 Å². The quantitative estimate of drug-likeness (QED) is 0.205. The van der Waals surface area contributed by atoms with Crippen molar-refractivity contribution in [3.8, 4) is 11.4 Å². The van der Waals surface area contributed by atoms with Gasteiger partial charge < -0.3 is 20.5 Å². The van der Waals surface area contributed by atoms with Crippen molar-refractivity contribution >= 4 is 29.9 Å². The first-order valence-electron chi connectivity index (χ1n) is 11.0. The number of benzene rings is 2. The highest BCUT2D eigenvalue weighted by Gasteiger charge is 2.11. The number of aromatic nitrogens is 2. The number of aryl methyl sites for hydroxylation is 1. The van der Waals surface area contributed by atoms with E-state index in [1.807, 2.05) is 87.1 Å². The summed E-state index contributed by atoms with van der Waals surface area (Å²) in [5, 5.41) is 21.7. The van der Waals surface area contributed by atoms with Gasteiger partial charge in [-0.3, -0.25) is 0 Å².